The van der Waals surface area contributed by atoms with Crippen LogP contribution in [0.2, 0.25) is 0 Å². The van der Waals surface area contributed by atoms with Crippen LogP contribution in [0.1, 0.15) is 276 Å². The van der Waals surface area contributed by atoms with Crippen LogP contribution in [0.3, 0.4) is 0 Å². The molecule has 11 nitrogen and oxygen atoms in total. The van der Waals surface area contributed by atoms with Gasteiger partial charge in [0.2, 0.25) is 5.91 Å². The zero-order valence-corrected chi connectivity index (χ0v) is 73.3. The molecule has 3 saturated heterocycles. The zero-order valence-electron chi connectivity index (χ0n) is 73.3. The summed E-state index contributed by atoms with van der Waals surface area (Å²) in [5.74, 6) is 1.99. The number of benzene rings is 6. The minimum absolute atomic E-state index is 0.111. The SMILES string of the molecule is CC(=O)Nc1ccc(-c2ccc(C(C)(C)C)cc2)cn1.CC(C)(C)c1ccc(-c2cnn(C3CCCCC3)c2)cc1.CC(C)(C)c1ccc(C2CCN(C3CCOCC3)CC2)cc1.CC(C)(C)c1ccc(C2CCNCC2)cc1.Cc1cnccc1-c1ccc(C(C)(C)C)cc1.Cc1nn(C)cc1-c1ccc(C(C)(C)C)cc1. The number of rotatable bonds is 9. The second-order valence-corrected chi connectivity index (χ2v) is 38.3. The molecular weight excluding hydrogens is 1380 g/mol. The molecule has 4 aliphatic rings. The Bertz CT molecular complexity index is 4480. The van der Waals surface area contributed by atoms with Crippen LogP contribution in [-0.4, -0.2) is 85.8 Å². The molecule has 0 atom stereocenters. The summed E-state index contributed by atoms with van der Waals surface area (Å²) in [6.07, 6.45) is 26.1. The van der Waals surface area contributed by atoms with Gasteiger partial charge in [0.15, 0.2) is 0 Å². The molecule has 604 valence electrons. The number of hydrogen-bond donors (Lipinski definition) is 2. The van der Waals surface area contributed by atoms with Crippen molar-refractivity contribution in [3.63, 3.8) is 0 Å². The summed E-state index contributed by atoms with van der Waals surface area (Å²) in [7, 11) is 1.96. The molecule has 4 aromatic heterocycles. The van der Waals surface area contributed by atoms with Crippen LogP contribution in [0.15, 0.2) is 201 Å². The third-order valence-corrected chi connectivity index (χ3v) is 23.0. The van der Waals surface area contributed by atoms with Crippen molar-refractivity contribution in [2.75, 3.05) is 44.7 Å². The lowest BCUT2D eigenvalue weighted by Gasteiger charge is -2.39. The van der Waals surface area contributed by atoms with E-state index in [1.54, 1.807) is 11.8 Å². The van der Waals surface area contributed by atoms with Crippen molar-refractivity contribution in [2.24, 2.45) is 7.05 Å². The lowest BCUT2D eigenvalue weighted by atomic mass is 9.83. The molecule has 0 spiro atoms. The molecule has 2 N–H and O–H groups in total. The molecule has 4 fully saturated rings. The van der Waals surface area contributed by atoms with E-state index in [0.29, 0.717) is 11.9 Å². The van der Waals surface area contributed by atoms with Crippen molar-refractivity contribution in [2.45, 2.75) is 272 Å². The highest BCUT2D eigenvalue weighted by Gasteiger charge is 2.28. The number of pyridine rings is 2. The molecule has 14 rings (SSSR count). The quantitative estimate of drug-likeness (QED) is 0.147. The zero-order chi connectivity index (χ0) is 81.9. The second kappa shape index (κ2) is 39.6. The Labute approximate surface area is 682 Å². The van der Waals surface area contributed by atoms with E-state index in [0.717, 1.165) is 47.9 Å². The van der Waals surface area contributed by atoms with Crippen molar-refractivity contribution < 1.29 is 9.53 Å². The normalized spacial score (nSPS) is 15.8. The fraction of sp³-hybridized carbons (Fsp3) is 0.480. The van der Waals surface area contributed by atoms with Gasteiger partial charge >= 0.3 is 0 Å². The van der Waals surface area contributed by atoms with Crippen molar-refractivity contribution in [3.8, 4) is 44.5 Å². The molecule has 1 saturated carbocycles. The summed E-state index contributed by atoms with van der Waals surface area (Å²) in [6, 6.07) is 61.0. The average molecular weight is 1520 g/mol. The molecule has 10 aromatic rings. The predicted molar refractivity (Wildman–Crippen MR) is 479 cm³/mol. The molecule has 0 unspecified atom stereocenters. The van der Waals surface area contributed by atoms with E-state index in [4.69, 9.17) is 4.74 Å². The second-order valence-electron chi connectivity index (χ2n) is 38.3. The van der Waals surface area contributed by atoms with E-state index in [1.807, 2.05) is 49.4 Å². The maximum atomic E-state index is 10.9. The first-order chi connectivity index (χ1) is 53.4. The van der Waals surface area contributed by atoms with Crippen LogP contribution < -0.4 is 10.6 Å². The summed E-state index contributed by atoms with van der Waals surface area (Å²) in [4.78, 5) is 22.0. The van der Waals surface area contributed by atoms with Crippen LogP contribution in [0.4, 0.5) is 5.82 Å². The molecular formula is C102H139N9O2. The van der Waals surface area contributed by atoms with E-state index >= 15 is 0 Å². The Hall–Kier alpha value is -8.61. The molecule has 3 aliphatic heterocycles. The van der Waals surface area contributed by atoms with Crippen LogP contribution >= 0.6 is 0 Å². The van der Waals surface area contributed by atoms with Gasteiger partial charge in [0, 0.05) is 80.9 Å². The van der Waals surface area contributed by atoms with E-state index in [1.165, 1.54) is 182 Å². The van der Waals surface area contributed by atoms with Gasteiger partial charge in [-0.15, -0.1) is 0 Å². The molecule has 1 amide bonds. The van der Waals surface area contributed by atoms with E-state index < -0.39 is 0 Å². The Morgan fingerprint density at radius 2 is 0.832 bits per heavy atom. The molecule has 11 heteroatoms. The summed E-state index contributed by atoms with van der Waals surface area (Å²) in [5.41, 5.74) is 24.6. The number of ether oxygens (including phenoxy) is 1. The lowest BCUT2D eigenvalue weighted by Crippen LogP contribution is -2.43. The third kappa shape index (κ3) is 26.7. The van der Waals surface area contributed by atoms with Crippen LogP contribution in [0.5, 0.6) is 0 Å². The van der Waals surface area contributed by atoms with Crippen molar-refractivity contribution in [1.29, 1.82) is 0 Å². The Morgan fingerprint density at radius 1 is 0.425 bits per heavy atom. The first kappa shape index (κ1) is 88.3. The average Bonchev–Trinajstić information content (AvgIpc) is 1.78. The maximum Gasteiger partial charge on any atom is 0.222 e. The molecule has 113 heavy (non-hydrogen) atoms. The molecule has 7 heterocycles. The number of likely N-dealkylation sites (tertiary alicyclic amines) is 1. The van der Waals surface area contributed by atoms with Crippen LogP contribution in [0, 0.1) is 13.8 Å². The topological polar surface area (TPSA) is 115 Å². The van der Waals surface area contributed by atoms with Gasteiger partial charge in [-0.1, -0.05) is 289 Å². The van der Waals surface area contributed by atoms with Gasteiger partial charge in [-0.05, 0) is 232 Å². The highest BCUT2D eigenvalue weighted by Crippen LogP contribution is 2.37. The Kier molecular flexibility index (Phi) is 31.0. The number of piperidine rings is 2. The number of carbonyl (C=O) groups excluding carboxylic acids is 1. The highest BCUT2D eigenvalue weighted by atomic mass is 16.5. The summed E-state index contributed by atoms with van der Waals surface area (Å²) in [5, 5.41) is 15.1. The van der Waals surface area contributed by atoms with Crippen molar-refractivity contribution in [1.82, 2.24) is 39.7 Å². The number of nitrogens with one attached hydrogen (secondary N) is 2. The number of anilines is 1. The molecule has 6 aromatic carbocycles. The van der Waals surface area contributed by atoms with Gasteiger partial charge < -0.3 is 20.3 Å². The molecule has 1 aliphatic carbocycles. The third-order valence-electron chi connectivity index (χ3n) is 23.0. The summed E-state index contributed by atoms with van der Waals surface area (Å²) >= 11 is 0. The maximum absolute atomic E-state index is 10.9. The van der Waals surface area contributed by atoms with Gasteiger partial charge in [0.1, 0.15) is 5.82 Å². The summed E-state index contributed by atoms with van der Waals surface area (Å²) < 4.78 is 9.54. The largest absolute Gasteiger partial charge is 0.381 e. The number of aryl methyl sites for hydroxylation is 3. The standard InChI is InChI=1S/C20H31NO.C19H26N2.C17H20N2O.C16H19N.C15H20N2.C15H23N/c1-20(2,3)18-6-4-16(5-7-18)17-8-12-21(13-9-17)19-10-14-22-15-11-19;1-19(2,3)17-11-9-15(10-12-17)16-13-20-21(14-16)18-7-5-4-6-8-18;1-12(20)19-16-10-7-14(11-18-16)13-5-8-15(9-6-13)17(2,3)4;1-12-11-17-10-9-15(12)13-5-7-14(8-6-13)16(2,3)4;1-11-14(10-17(5)16-11)12-6-8-13(9-7-12)15(2,3)4;1-15(2,3)14-6-4-12(5-7-14)13-8-10-16-11-9-13/h4-7,17,19H,8-15H2,1-3H3;9-14,18H,4-8H2,1-3H3;5-11H,1-4H3,(H,18,19,20);5-11H,1-4H3;6-10H,1-5H3;4-7,13,16H,8-11H2,1-3H3. The van der Waals surface area contributed by atoms with Gasteiger partial charge in [0.25, 0.3) is 0 Å². The van der Waals surface area contributed by atoms with Crippen molar-refractivity contribution >= 4 is 11.7 Å². The fourth-order valence-electron chi connectivity index (χ4n) is 15.5. The summed E-state index contributed by atoms with van der Waals surface area (Å²) in [6.45, 7) is 52.8. The van der Waals surface area contributed by atoms with Crippen LogP contribution in [0.25, 0.3) is 44.5 Å². The van der Waals surface area contributed by atoms with Gasteiger partial charge in [-0.2, -0.15) is 10.2 Å². The number of aromatic nitrogens is 6. The smallest absolute Gasteiger partial charge is 0.222 e. The van der Waals surface area contributed by atoms with Gasteiger partial charge in [-0.25, -0.2) is 4.98 Å². The predicted octanol–water partition coefficient (Wildman–Crippen LogP) is 25.2. The first-order valence-corrected chi connectivity index (χ1v) is 42.2. The Morgan fingerprint density at radius 3 is 1.23 bits per heavy atom. The van der Waals surface area contributed by atoms with E-state index in [2.05, 4.69) is 336 Å². The van der Waals surface area contributed by atoms with Crippen molar-refractivity contribution in [3.05, 3.63) is 257 Å². The number of amides is 1. The molecule has 0 radical (unpaired) electrons. The van der Waals surface area contributed by atoms with E-state index in [-0.39, 0.29) is 38.4 Å². The number of carbonyl (C=O) groups is 1. The monoisotopic (exact) mass is 1520 g/mol. The highest BCUT2D eigenvalue weighted by molar-refractivity contribution is 5.87. The van der Waals surface area contributed by atoms with Crippen LogP contribution in [-0.2, 0) is 49.1 Å². The van der Waals surface area contributed by atoms with Gasteiger partial charge in [0.05, 0.1) is 17.9 Å². The van der Waals surface area contributed by atoms with E-state index in [9.17, 15) is 4.79 Å². The Balaban J connectivity index is 0.000000156. The fourth-order valence-corrected chi connectivity index (χ4v) is 15.5. The number of nitrogens with zero attached hydrogens (tertiary/aromatic N) is 7. The minimum Gasteiger partial charge on any atom is -0.381 e. The lowest BCUT2D eigenvalue weighted by molar-refractivity contribution is -0.114. The number of hydrogen-bond acceptors (Lipinski definition) is 8. The molecule has 0 bridgehead atoms. The minimum atomic E-state index is -0.111. The van der Waals surface area contributed by atoms with Gasteiger partial charge in [-0.3, -0.25) is 19.1 Å². The first-order valence-electron chi connectivity index (χ1n) is 42.2.